The zero-order chi connectivity index (χ0) is 22.6. The van der Waals surface area contributed by atoms with Crippen molar-refractivity contribution >= 4 is 27.4 Å². The number of halogens is 1. The van der Waals surface area contributed by atoms with Crippen LogP contribution in [0, 0.1) is 11.3 Å². The van der Waals surface area contributed by atoms with Gasteiger partial charge in [-0.2, -0.15) is 14.9 Å². The van der Waals surface area contributed by atoms with Crippen molar-refractivity contribution in [3.63, 3.8) is 0 Å². The Hall–Kier alpha value is -3.28. The number of nitriles is 1. The van der Waals surface area contributed by atoms with Crippen LogP contribution in [0.25, 0.3) is 5.65 Å². The van der Waals surface area contributed by atoms with E-state index in [1.54, 1.807) is 12.4 Å². The molecule has 8 heteroatoms. The highest BCUT2D eigenvalue weighted by atomic mass is 79.9. The predicted molar refractivity (Wildman–Crippen MR) is 131 cm³/mol. The van der Waals surface area contributed by atoms with Gasteiger partial charge in [0, 0.05) is 44.0 Å². The van der Waals surface area contributed by atoms with E-state index < -0.39 is 0 Å². The first-order chi connectivity index (χ1) is 16.2. The number of rotatable bonds is 6. The lowest BCUT2D eigenvalue weighted by Crippen LogP contribution is -2.34. The first kappa shape index (κ1) is 21.6. The Morgan fingerprint density at radius 2 is 2.06 bits per heavy atom. The van der Waals surface area contributed by atoms with E-state index in [-0.39, 0.29) is 0 Å². The third-order valence-corrected chi connectivity index (χ3v) is 6.59. The molecule has 0 aliphatic carbocycles. The lowest BCUT2D eigenvalue weighted by Gasteiger charge is -2.32. The van der Waals surface area contributed by atoms with Gasteiger partial charge in [-0.3, -0.25) is 9.88 Å². The van der Waals surface area contributed by atoms with Crippen molar-refractivity contribution in [1.82, 2.24) is 24.5 Å². The van der Waals surface area contributed by atoms with E-state index >= 15 is 0 Å². The Kier molecular flexibility index (Phi) is 6.33. The number of nitrogens with zero attached hydrogens (tertiary/aromatic N) is 6. The number of anilines is 1. The summed E-state index contributed by atoms with van der Waals surface area (Å²) < 4.78 is 2.73. The topological polar surface area (TPSA) is 82.1 Å². The molecular formula is C25H24BrN7. The summed E-state index contributed by atoms with van der Waals surface area (Å²) in [4.78, 5) is 11.6. The number of pyridine rings is 1. The van der Waals surface area contributed by atoms with Gasteiger partial charge in [-0.05, 0) is 64.6 Å². The maximum absolute atomic E-state index is 9.20. The molecule has 4 heterocycles. The van der Waals surface area contributed by atoms with Gasteiger partial charge in [-0.1, -0.05) is 18.2 Å². The fourth-order valence-electron chi connectivity index (χ4n) is 4.42. The molecular weight excluding hydrogens is 478 g/mol. The minimum atomic E-state index is 0.337. The summed E-state index contributed by atoms with van der Waals surface area (Å²) in [6, 6.07) is 16.3. The van der Waals surface area contributed by atoms with E-state index in [0.29, 0.717) is 18.0 Å². The Bertz CT molecular complexity index is 1300. The number of piperidine rings is 1. The zero-order valence-corrected chi connectivity index (χ0v) is 19.7. The van der Waals surface area contributed by atoms with E-state index in [1.807, 2.05) is 35.0 Å². The smallest absolute Gasteiger partial charge is 0.171 e. The zero-order valence-electron chi connectivity index (χ0n) is 18.2. The first-order valence-electron chi connectivity index (χ1n) is 11.1. The highest BCUT2D eigenvalue weighted by molar-refractivity contribution is 9.10. The van der Waals surface area contributed by atoms with E-state index in [4.69, 9.17) is 4.98 Å². The van der Waals surface area contributed by atoms with Gasteiger partial charge in [0.25, 0.3) is 0 Å². The first-order valence-corrected chi connectivity index (χ1v) is 11.9. The van der Waals surface area contributed by atoms with Crippen LogP contribution in [-0.4, -0.2) is 37.6 Å². The number of hydrogen-bond acceptors (Lipinski definition) is 6. The van der Waals surface area contributed by atoms with Crippen molar-refractivity contribution in [2.45, 2.75) is 31.8 Å². The van der Waals surface area contributed by atoms with Gasteiger partial charge < -0.3 is 5.32 Å². The standard InChI is InChI=1S/C25H24BrN7/c26-22-15-30-33-24(29-14-20-6-2-8-28-13-20)11-23(31-25(22)33)21-7-3-9-32(17-21)16-19-5-1-4-18(10-19)12-27/h1-2,4-6,8,10-11,13,15,21,29H,3,7,9,14,16-17H2. The van der Waals surface area contributed by atoms with Gasteiger partial charge in [0.15, 0.2) is 5.65 Å². The fraction of sp³-hybridized carbons (Fsp3) is 0.280. The lowest BCUT2D eigenvalue weighted by molar-refractivity contribution is 0.198. The van der Waals surface area contributed by atoms with Crippen molar-refractivity contribution < 1.29 is 0 Å². The number of likely N-dealkylation sites (tertiary alicyclic amines) is 1. The van der Waals surface area contributed by atoms with E-state index in [1.165, 1.54) is 5.56 Å². The Morgan fingerprint density at radius 1 is 1.15 bits per heavy atom. The molecule has 1 aromatic carbocycles. The monoisotopic (exact) mass is 501 g/mol. The Balaban J connectivity index is 1.38. The summed E-state index contributed by atoms with van der Waals surface area (Å²) in [5.41, 5.74) is 4.89. The molecule has 1 aliphatic heterocycles. The number of aromatic nitrogens is 4. The second kappa shape index (κ2) is 9.69. The molecule has 1 atom stereocenters. The molecule has 1 aliphatic rings. The van der Waals surface area contributed by atoms with Gasteiger partial charge in [0.05, 0.1) is 28.0 Å². The predicted octanol–water partition coefficient (Wildman–Crippen LogP) is 4.75. The molecule has 7 nitrogen and oxygen atoms in total. The second-order valence-corrected chi connectivity index (χ2v) is 9.25. The summed E-state index contributed by atoms with van der Waals surface area (Å²) in [6.45, 7) is 3.50. The Morgan fingerprint density at radius 3 is 2.91 bits per heavy atom. The quantitative estimate of drug-likeness (QED) is 0.410. The van der Waals surface area contributed by atoms with Gasteiger partial charge >= 0.3 is 0 Å². The summed E-state index contributed by atoms with van der Waals surface area (Å²) >= 11 is 3.60. The number of hydrogen-bond donors (Lipinski definition) is 1. The van der Waals surface area contributed by atoms with Crippen LogP contribution in [0.15, 0.2) is 65.5 Å². The molecule has 0 amide bonds. The maximum atomic E-state index is 9.20. The van der Waals surface area contributed by atoms with Crippen LogP contribution in [0.3, 0.4) is 0 Å². The maximum Gasteiger partial charge on any atom is 0.171 e. The van der Waals surface area contributed by atoms with Crippen LogP contribution in [0.4, 0.5) is 5.82 Å². The van der Waals surface area contributed by atoms with Crippen molar-refractivity contribution in [2.75, 3.05) is 18.4 Å². The SMILES string of the molecule is N#Cc1cccc(CN2CCCC(c3cc(NCc4cccnc4)n4ncc(Br)c4n3)C2)c1. The van der Waals surface area contributed by atoms with Crippen LogP contribution in [0.5, 0.6) is 0 Å². The molecule has 1 unspecified atom stereocenters. The van der Waals surface area contributed by atoms with E-state index in [9.17, 15) is 5.26 Å². The van der Waals surface area contributed by atoms with Crippen molar-refractivity contribution in [2.24, 2.45) is 0 Å². The van der Waals surface area contributed by atoms with Crippen LogP contribution in [0.1, 0.15) is 41.1 Å². The molecule has 1 N–H and O–H groups in total. The highest BCUT2D eigenvalue weighted by Crippen LogP contribution is 2.30. The average Bonchev–Trinajstić information content (AvgIpc) is 3.24. The minimum absolute atomic E-state index is 0.337. The summed E-state index contributed by atoms with van der Waals surface area (Å²) in [7, 11) is 0. The second-order valence-electron chi connectivity index (χ2n) is 8.40. The fourth-order valence-corrected chi connectivity index (χ4v) is 4.77. The van der Waals surface area contributed by atoms with Crippen molar-refractivity contribution in [3.8, 4) is 6.07 Å². The van der Waals surface area contributed by atoms with Crippen molar-refractivity contribution in [3.05, 3.63) is 87.9 Å². The van der Waals surface area contributed by atoms with Crippen molar-refractivity contribution in [1.29, 1.82) is 5.26 Å². The molecule has 5 rings (SSSR count). The van der Waals surface area contributed by atoms with Gasteiger partial charge in [-0.15, -0.1) is 0 Å². The molecule has 3 aromatic heterocycles. The molecule has 0 saturated carbocycles. The summed E-state index contributed by atoms with van der Waals surface area (Å²) in [5.74, 6) is 1.26. The van der Waals surface area contributed by atoms with E-state index in [0.717, 1.165) is 59.7 Å². The summed E-state index contributed by atoms with van der Waals surface area (Å²) in [5, 5.41) is 17.2. The summed E-state index contributed by atoms with van der Waals surface area (Å²) in [6.07, 6.45) is 7.66. The van der Waals surface area contributed by atoms with Gasteiger partial charge in [0.1, 0.15) is 5.82 Å². The molecule has 1 saturated heterocycles. The van der Waals surface area contributed by atoms with Crippen LogP contribution < -0.4 is 5.32 Å². The lowest BCUT2D eigenvalue weighted by atomic mass is 9.94. The third-order valence-electron chi connectivity index (χ3n) is 6.03. The number of benzene rings is 1. The van der Waals surface area contributed by atoms with Crippen LogP contribution in [-0.2, 0) is 13.1 Å². The van der Waals surface area contributed by atoms with Gasteiger partial charge in [0.2, 0.25) is 0 Å². The third kappa shape index (κ3) is 4.90. The van der Waals surface area contributed by atoms with E-state index in [2.05, 4.69) is 60.5 Å². The molecule has 0 spiro atoms. The Labute approximate surface area is 201 Å². The van der Waals surface area contributed by atoms with Crippen LogP contribution in [0.2, 0.25) is 0 Å². The van der Waals surface area contributed by atoms with Crippen LogP contribution >= 0.6 is 15.9 Å². The molecule has 1 fully saturated rings. The largest absolute Gasteiger partial charge is 0.366 e. The van der Waals surface area contributed by atoms with Gasteiger partial charge in [-0.25, -0.2) is 4.98 Å². The minimum Gasteiger partial charge on any atom is -0.366 e. The average molecular weight is 502 g/mol. The molecule has 33 heavy (non-hydrogen) atoms. The number of nitrogens with one attached hydrogen (secondary N) is 1. The molecule has 4 aromatic rings. The number of fused-ring (bicyclic) bond motifs is 1. The molecule has 166 valence electrons. The molecule has 0 bridgehead atoms. The highest BCUT2D eigenvalue weighted by Gasteiger charge is 2.24. The molecule has 0 radical (unpaired) electrons. The normalized spacial score (nSPS) is 16.5.